The highest BCUT2D eigenvalue weighted by atomic mass is 16.3. The fourth-order valence-corrected chi connectivity index (χ4v) is 1.01. The molecule has 1 amide bonds. The Morgan fingerprint density at radius 2 is 2.33 bits per heavy atom. The summed E-state index contributed by atoms with van der Waals surface area (Å²) in [4.78, 5) is 24.6. The summed E-state index contributed by atoms with van der Waals surface area (Å²) in [7, 11) is 0. The summed E-state index contributed by atoms with van der Waals surface area (Å²) in [5.74, 6) is -0.307. The normalized spacial score (nSPS) is 12.1. The molecule has 15 heavy (non-hydrogen) atoms. The molecule has 1 aromatic heterocycles. The molecule has 5 heteroatoms. The molecular weight excluding hydrogens is 196 g/mol. The molecule has 1 unspecified atom stereocenters. The number of amides is 1. The lowest BCUT2D eigenvalue weighted by molar-refractivity contribution is 0.0913. The van der Waals surface area contributed by atoms with Crippen molar-refractivity contribution in [1.82, 2.24) is 10.3 Å². The van der Waals surface area contributed by atoms with Gasteiger partial charge in [0, 0.05) is 18.8 Å². The van der Waals surface area contributed by atoms with E-state index in [1.807, 2.05) is 6.92 Å². The molecule has 3 N–H and O–H groups in total. The van der Waals surface area contributed by atoms with Crippen LogP contribution in [0.25, 0.3) is 0 Å². The van der Waals surface area contributed by atoms with E-state index in [4.69, 9.17) is 0 Å². The van der Waals surface area contributed by atoms with Gasteiger partial charge in [-0.2, -0.15) is 0 Å². The monoisotopic (exact) mass is 210 g/mol. The van der Waals surface area contributed by atoms with Gasteiger partial charge in [0.2, 0.25) is 5.56 Å². The van der Waals surface area contributed by atoms with E-state index in [9.17, 15) is 14.7 Å². The minimum Gasteiger partial charge on any atom is -0.391 e. The number of rotatable bonds is 4. The van der Waals surface area contributed by atoms with Crippen LogP contribution >= 0.6 is 0 Å². The largest absolute Gasteiger partial charge is 0.391 e. The lowest BCUT2D eigenvalue weighted by Gasteiger charge is -2.08. The maximum Gasteiger partial charge on any atom is 0.252 e. The minimum atomic E-state index is -0.531. The first kappa shape index (κ1) is 11.5. The Hall–Kier alpha value is -1.62. The fourth-order valence-electron chi connectivity index (χ4n) is 1.01. The van der Waals surface area contributed by atoms with Crippen molar-refractivity contribution >= 4 is 5.91 Å². The molecule has 1 aromatic rings. The Labute approximate surface area is 87.1 Å². The Morgan fingerprint density at radius 1 is 1.60 bits per heavy atom. The second kappa shape index (κ2) is 5.31. The average Bonchev–Trinajstić information content (AvgIpc) is 2.26. The second-order valence-corrected chi connectivity index (χ2v) is 3.21. The summed E-state index contributed by atoms with van der Waals surface area (Å²) < 4.78 is 0. The van der Waals surface area contributed by atoms with E-state index in [0.29, 0.717) is 12.0 Å². The highest BCUT2D eigenvalue weighted by Gasteiger charge is 2.07. The maximum absolute atomic E-state index is 11.4. The van der Waals surface area contributed by atoms with Crippen molar-refractivity contribution in [2.24, 2.45) is 0 Å². The van der Waals surface area contributed by atoms with E-state index in [-0.39, 0.29) is 18.0 Å². The molecule has 0 saturated carbocycles. The van der Waals surface area contributed by atoms with Crippen molar-refractivity contribution in [3.8, 4) is 0 Å². The van der Waals surface area contributed by atoms with Gasteiger partial charge in [-0.3, -0.25) is 9.59 Å². The summed E-state index contributed by atoms with van der Waals surface area (Å²) >= 11 is 0. The SMILES string of the molecule is CCC(O)CNC(=O)c1ccc(=O)[nH]c1. The van der Waals surface area contributed by atoms with Crippen LogP contribution in [0.5, 0.6) is 0 Å². The van der Waals surface area contributed by atoms with Crippen LogP contribution in [0.1, 0.15) is 23.7 Å². The van der Waals surface area contributed by atoms with E-state index < -0.39 is 6.10 Å². The molecular formula is C10H14N2O3. The number of carbonyl (C=O) groups excluding carboxylic acids is 1. The standard InChI is InChI=1S/C10H14N2O3/c1-2-8(13)6-12-10(15)7-3-4-9(14)11-5-7/h3-5,8,13H,2,6H2,1H3,(H,11,14)(H,12,15). The van der Waals surface area contributed by atoms with Crippen molar-refractivity contribution in [3.05, 3.63) is 34.2 Å². The van der Waals surface area contributed by atoms with Crippen LogP contribution in [0, 0.1) is 0 Å². The molecule has 0 aliphatic carbocycles. The molecule has 0 saturated heterocycles. The third kappa shape index (κ3) is 3.55. The number of carbonyl (C=O) groups is 1. The molecule has 0 bridgehead atoms. The van der Waals surface area contributed by atoms with E-state index >= 15 is 0 Å². The van der Waals surface area contributed by atoms with Gasteiger partial charge in [0.05, 0.1) is 11.7 Å². The summed E-state index contributed by atoms with van der Waals surface area (Å²) in [5, 5.41) is 11.8. The molecule has 82 valence electrons. The van der Waals surface area contributed by atoms with Crippen LogP contribution in [0.15, 0.2) is 23.1 Å². The zero-order chi connectivity index (χ0) is 11.3. The van der Waals surface area contributed by atoms with Crippen LogP contribution < -0.4 is 10.9 Å². The van der Waals surface area contributed by atoms with Crippen molar-refractivity contribution in [3.63, 3.8) is 0 Å². The number of nitrogens with one attached hydrogen (secondary N) is 2. The van der Waals surface area contributed by atoms with Crippen molar-refractivity contribution < 1.29 is 9.90 Å². The molecule has 0 aromatic carbocycles. The van der Waals surface area contributed by atoms with Crippen LogP contribution in [-0.4, -0.2) is 28.6 Å². The van der Waals surface area contributed by atoms with Crippen LogP contribution in [-0.2, 0) is 0 Å². The van der Waals surface area contributed by atoms with Gasteiger partial charge in [-0.15, -0.1) is 0 Å². The first-order valence-electron chi connectivity index (χ1n) is 4.78. The molecule has 1 heterocycles. The smallest absolute Gasteiger partial charge is 0.252 e. The van der Waals surface area contributed by atoms with Gasteiger partial charge in [0.25, 0.3) is 5.91 Å². The van der Waals surface area contributed by atoms with E-state index in [1.54, 1.807) is 0 Å². The summed E-state index contributed by atoms with van der Waals surface area (Å²) in [5.41, 5.74) is 0.123. The number of aromatic nitrogens is 1. The Bertz CT molecular complexity index is 366. The molecule has 0 radical (unpaired) electrons. The zero-order valence-corrected chi connectivity index (χ0v) is 8.49. The van der Waals surface area contributed by atoms with Crippen molar-refractivity contribution in [2.75, 3.05) is 6.54 Å². The zero-order valence-electron chi connectivity index (χ0n) is 8.49. The predicted octanol–water partition coefficient (Wildman–Crippen LogP) is -0.124. The number of H-pyrrole nitrogens is 1. The number of aliphatic hydroxyl groups is 1. The van der Waals surface area contributed by atoms with E-state index in [1.165, 1.54) is 18.3 Å². The van der Waals surface area contributed by atoms with Crippen LogP contribution in [0.3, 0.4) is 0 Å². The average molecular weight is 210 g/mol. The molecule has 0 fully saturated rings. The van der Waals surface area contributed by atoms with Gasteiger partial charge in [-0.05, 0) is 12.5 Å². The predicted molar refractivity (Wildman–Crippen MR) is 55.7 cm³/mol. The number of aliphatic hydroxyl groups excluding tert-OH is 1. The molecule has 1 rings (SSSR count). The number of pyridine rings is 1. The third-order valence-electron chi connectivity index (χ3n) is 2.02. The molecule has 1 atom stereocenters. The summed E-state index contributed by atoms with van der Waals surface area (Å²) in [6, 6.07) is 2.72. The Balaban J connectivity index is 2.54. The van der Waals surface area contributed by atoms with Crippen molar-refractivity contribution in [2.45, 2.75) is 19.4 Å². The first-order chi connectivity index (χ1) is 7.13. The van der Waals surface area contributed by atoms with Gasteiger partial charge < -0.3 is 15.4 Å². The van der Waals surface area contributed by atoms with Gasteiger partial charge in [0.15, 0.2) is 0 Å². The van der Waals surface area contributed by atoms with Crippen LogP contribution in [0.2, 0.25) is 0 Å². The highest BCUT2D eigenvalue weighted by Crippen LogP contribution is 1.94. The molecule has 0 aliphatic rings. The lowest BCUT2D eigenvalue weighted by atomic mass is 10.2. The molecule has 5 nitrogen and oxygen atoms in total. The van der Waals surface area contributed by atoms with Crippen LogP contribution in [0.4, 0.5) is 0 Å². The maximum atomic E-state index is 11.4. The molecule has 0 aliphatic heterocycles. The topological polar surface area (TPSA) is 82.2 Å². The highest BCUT2D eigenvalue weighted by molar-refractivity contribution is 5.93. The number of hydrogen-bond donors (Lipinski definition) is 3. The van der Waals surface area contributed by atoms with E-state index in [2.05, 4.69) is 10.3 Å². The van der Waals surface area contributed by atoms with Gasteiger partial charge in [-0.1, -0.05) is 6.92 Å². The van der Waals surface area contributed by atoms with E-state index in [0.717, 1.165) is 0 Å². The lowest BCUT2D eigenvalue weighted by Crippen LogP contribution is -2.32. The fraction of sp³-hybridized carbons (Fsp3) is 0.400. The first-order valence-corrected chi connectivity index (χ1v) is 4.78. The van der Waals surface area contributed by atoms with Crippen molar-refractivity contribution in [1.29, 1.82) is 0 Å². The Kier molecular flexibility index (Phi) is 4.05. The summed E-state index contributed by atoms with van der Waals surface area (Å²) in [6.45, 7) is 2.05. The molecule has 0 spiro atoms. The third-order valence-corrected chi connectivity index (χ3v) is 2.02. The number of aromatic amines is 1. The minimum absolute atomic E-state index is 0.217. The van der Waals surface area contributed by atoms with Gasteiger partial charge >= 0.3 is 0 Å². The number of hydrogen-bond acceptors (Lipinski definition) is 3. The van der Waals surface area contributed by atoms with Gasteiger partial charge in [0.1, 0.15) is 0 Å². The second-order valence-electron chi connectivity index (χ2n) is 3.21. The Morgan fingerprint density at radius 3 is 2.87 bits per heavy atom. The summed E-state index contributed by atoms with van der Waals surface area (Å²) in [6.07, 6.45) is 1.40. The van der Waals surface area contributed by atoms with Gasteiger partial charge in [-0.25, -0.2) is 0 Å². The quantitative estimate of drug-likeness (QED) is 0.647.